The molecule has 1 aromatic carbocycles. The van der Waals surface area contributed by atoms with Crippen LogP contribution in [0, 0.1) is 13.8 Å². The van der Waals surface area contributed by atoms with Gasteiger partial charge in [-0.2, -0.15) is 0 Å². The monoisotopic (exact) mass is 157 g/mol. The summed E-state index contributed by atoms with van der Waals surface area (Å²) < 4.78 is 0. The predicted molar refractivity (Wildman–Crippen MR) is 46.0 cm³/mol. The molecule has 56 valence electrons. The fraction of sp³-hybridized carbons (Fsp3) is 0.250. The quantitative estimate of drug-likeness (QED) is 0.575. The van der Waals surface area contributed by atoms with E-state index in [4.69, 9.17) is 0 Å². The molecule has 0 heterocycles. The van der Waals surface area contributed by atoms with Crippen LogP contribution in [0.3, 0.4) is 0 Å². The van der Waals surface area contributed by atoms with Crippen LogP contribution in [0.25, 0.3) is 0 Å². The molecule has 1 nitrogen and oxygen atoms in total. The Morgan fingerprint density at radius 3 is 1.50 bits per heavy atom. The van der Waals surface area contributed by atoms with Gasteiger partial charge in [-0.25, -0.2) is 5.25 Å². The van der Waals surface area contributed by atoms with E-state index >= 15 is 0 Å². The van der Waals surface area contributed by atoms with E-state index in [0.717, 1.165) is 0 Å². The van der Waals surface area contributed by atoms with Crippen molar-refractivity contribution in [2.24, 2.45) is 5.25 Å². The van der Waals surface area contributed by atoms with Crippen molar-refractivity contribution in [2.45, 2.75) is 13.8 Å². The fourth-order valence-corrected chi connectivity index (χ4v) is 0.663. The predicted octanol–water partition coefficient (Wildman–Crippen LogP) is 2.40. The Labute approximate surface area is 66.9 Å². The Hall–Kier alpha value is -0.530. The highest BCUT2D eigenvalue weighted by molar-refractivity contribution is 6.11. The van der Waals surface area contributed by atoms with E-state index < -0.39 is 0 Å². The topological polar surface area (TPSA) is 26.0 Å². The first kappa shape index (κ1) is 9.47. The molecule has 0 bridgehead atoms. The summed E-state index contributed by atoms with van der Waals surface area (Å²) in [4.78, 5) is 0. The number of benzene rings is 1. The van der Waals surface area contributed by atoms with Gasteiger partial charge in [-0.1, -0.05) is 24.3 Å². The second-order valence-electron chi connectivity index (χ2n) is 2.08. The minimum absolute atomic E-state index is 1.37. The summed E-state index contributed by atoms with van der Waals surface area (Å²) in [6.07, 6.45) is 0. The van der Waals surface area contributed by atoms with Gasteiger partial charge >= 0.3 is 0 Å². The molecule has 0 radical (unpaired) electrons. The Kier molecular flexibility index (Phi) is 4.99. The lowest BCUT2D eigenvalue weighted by molar-refractivity contribution is 1.34. The highest BCUT2D eigenvalue weighted by Crippen LogP contribution is 2.02. The number of hydrogen-bond donors (Lipinski definition) is 1. The zero-order valence-corrected chi connectivity index (χ0v) is 7.02. The largest absolute Gasteiger partial charge is 0.247 e. The molecule has 0 spiro atoms. The van der Waals surface area contributed by atoms with E-state index in [1.807, 2.05) is 0 Å². The molecule has 1 aromatic rings. The molecule has 2 heteroatoms. The van der Waals surface area contributed by atoms with E-state index in [2.05, 4.69) is 55.1 Å². The van der Waals surface area contributed by atoms with Crippen molar-refractivity contribution in [1.29, 1.82) is 0 Å². The van der Waals surface area contributed by atoms with Crippen molar-refractivity contribution in [3.8, 4) is 0 Å². The van der Waals surface area contributed by atoms with Crippen molar-refractivity contribution >= 4 is 11.8 Å². The molecule has 0 saturated carbocycles. The lowest BCUT2D eigenvalue weighted by atomic mass is 10.1. The van der Waals surface area contributed by atoms with Crippen LogP contribution >= 0.6 is 11.8 Å². The molecule has 0 unspecified atom stereocenters. The van der Waals surface area contributed by atoms with Crippen LogP contribution in [0.2, 0.25) is 0 Å². The van der Waals surface area contributed by atoms with Gasteiger partial charge in [0.1, 0.15) is 0 Å². The molecule has 0 aliphatic carbocycles. The molecule has 0 fully saturated rings. The van der Waals surface area contributed by atoms with Crippen LogP contribution in [0.5, 0.6) is 0 Å². The highest BCUT2D eigenvalue weighted by Gasteiger charge is 1.83. The Bertz CT molecular complexity index is 165. The number of hydrogen-bond acceptors (Lipinski definition) is 1. The lowest BCUT2D eigenvalue weighted by Crippen LogP contribution is -1.74. The van der Waals surface area contributed by atoms with Crippen LogP contribution in [-0.2, 0) is 0 Å². The van der Waals surface area contributed by atoms with Gasteiger partial charge in [-0.3, -0.25) is 0 Å². The molecule has 0 atom stereocenters. The van der Waals surface area contributed by atoms with Gasteiger partial charge in [0.25, 0.3) is 0 Å². The van der Waals surface area contributed by atoms with Gasteiger partial charge in [0, 0.05) is 0 Å². The van der Waals surface area contributed by atoms with Crippen molar-refractivity contribution in [3.05, 3.63) is 35.4 Å². The number of rotatable bonds is 0. The van der Waals surface area contributed by atoms with Crippen molar-refractivity contribution in [3.63, 3.8) is 0 Å². The summed E-state index contributed by atoms with van der Waals surface area (Å²) in [5, 5.41) is 3.97. The van der Waals surface area contributed by atoms with Crippen LogP contribution in [-0.4, -0.2) is 0 Å². The molecular formula is C8H12ClN. The minimum Gasteiger partial charge on any atom is -0.247 e. The zero-order chi connectivity index (χ0) is 7.98. The lowest BCUT2D eigenvalue weighted by Gasteiger charge is -1.93. The average Bonchev–Trinajstić information content (AvgIpc) is 2.00. The van der Waals surface area contributed by atoms with Gasteiger partial charge in [0.05, 0.1) is 0 Å². The SMILES string of the molecule is Cc1ccccc1C.NCl. The molecule has 0 aliphatic heterocycles. The van der Waals surface area contributed by atoms with E-state index in [0.29, 0.717) is 0 Å². The van der Waals surface area contributed by atoms with Gasteiger partial charge < -0.3 is 0 Å². The summed E-state index contributed by atoms with van der Waals surface area (Å²) in [6, 6.07) is 8.36. The number of halogens is 1. The minimum atomic E-state index is 1.37. The third kappa shape index (κ3) is 2.85. The molecule has 0 aliphatic rings. The van der Waals surface area contributed by atoms with E-state index in [9.17, 15) is 0 Å². The third-order valence-electron chi connectivity index (χ3n) is 1.43. The van der Waals surface area contributed by atoms with Crippen molar-refractivity contribution in [1.82, 2.24) is 0 Å². The second kappa shape index (κ2) is 5.27. The molecule has 0 aromatic heterocycles. The Balaban J connectivity index is 0.000000371. The van der Waals surface area contributed by atoms with Gasteiger partial charge in [0.15, 0.2) is 0 Å². The molecule has 2 N–H and O–H groups in total. The maximum Gasteiger partial charge on any atom is -0.0285 e. The first-order valence-electron chi connectivity index (χ1n) is 3.05. The normalized spacial score (nSPS) is 8.00. The van der Waals surface area contributed by atoms with Crippen molar-refractivity contribution < 1.29 is 0 Å². The maximum absolute atomic E-state index is 4.14. The molecule has 0 saturated heterocycles. The number of aryl methyl sites for hydroxylation is 2. The maximum atomic E-state index is 4.14. The molecular weight excluding hydrogens is 146 g/mol. The number of nitrogens with two attached hydrogens (primary N) is 1. The summed E-state index contributed by atoms with van der Waals surface area (Å²) in [5.74, 6) is 0. The van der Waals surface area contributed by atoms with Gasteiger partial charge in [-0.15, -0.1) is 0 Å². The first-order chi connectivity index (χ1) is 4.80. The summed E-state index contributed by atoms with van der Waals surface area (Å²) in [5.41, 5.74) is 2.74. The first-order valence-corrected chi connectivity index (χ1v) is 3.48. The second-order valence-corrected chi connectivity index (χ2v) is 2.08. The molecule has 1 rings (SSSR count). The molecule has 0 amide bonds. The summed E-state index contributed by atoms with van der Waals surface area (Å²) in [6.45, 7) is 4.24. The summed E-state index contributed by atoms with van der Waals surface area (Å²) in [7, 11) is 0. The Morgan fingerprint density at radius 1 is 1.00 bits per heavy atom. The molecule has 10 heavy (non-hydrogen) atoms. The van der Waals surface area contributed by atoms with Gasteiger partial charge in [-0.05, 0) is 36.8 Å². The zero-order valence-electron chi connectivity index (χ0n) is 6.26. The van der Waals surface area contributed by atoms with E-state index in [1.165, 1.54) is 11.1 Å². The van der Waals surface area contributed by atoms with Crippen LogP contribution < -0.4 is 5.25 Å². The van der Waals surface area contributed by atoms with Gasteiger partial charge in [0.2, 0.25) is 0 Å². The Morgan fingerprint density at radius 2 is 1.30 bits per heavy atom. The summed E-state index contributed by atoms with van der Waals surface area (Å²) >= 11 is 4.14. The highest BCUT2D eigenvalue weighted by atomic mass is 35.5. The fourth-order valence-electron chi connectivity index (χ4n) is 0.663. The van der Waals surface area contributed by atoms with Crippen molar-refractivity contribution in [2.75, 3.05) is 0 Å². The van der Waals surface area contributed by atoms with Crippen LogP contribution in [0.4, 0.5) is 0 Å². The van der Waals surface area contributed by atoms with Crippen LogP contribution in [0.15, 0.2) is 24.3 Å². The standard InChI is InChI=1S/C8H10.ClH2N/c1-7-5-3-4-6-8(7)2;1-2/h3-6H,1-2H3;2H2. The van der Waals surface area contributed by atoms with Crippen LogP contribution in [0.1, 0.15) is 11.1 Å². The smallest absolute Gasteiger partial charge is 0.0285 e. The third-order valence-corrected chi connectivity index (χ3v) is 1.43. The average molecular weight is 158 g/mol. The van der Waals surface area contributed by atoms with E-state index in [-0.39, 0.29) is 0 Å². The van der Waals surface area contributed by atoms with E-state index in [1.54, 1.807) is 0 Å².